The third-order valence-electron chi connectivity index (χ3n) is 4.87. The Labute approximate surface area is 143 Å². The lowest BCUT2D eigenvalue weighted by atomic mass is 10.1. The zero-order chi connectivity index (χ0) is 16.9. The zero-order valence-electron chi connectivity index (χ0n) is 14.5. The molecule has 2 fully saturated rings. The van der Waals surface area contributed by atoms with Crippen LogP contribution in [0, 0.1) is 0 Å². The minimum atomic E-state index is 0.0117. The molecule has 0 radical (unpaired) electrons. The molecule has 2 heterocycles. The average Bonchev–Trinajstić information content (AvgIpc) is 3.16. The maximum atomic E-state index is 12.4. The molecule has 0 unspecified atom stereocenters. The van der Waals surface area contributed by atoms with Crippen LogP contribution in [0.2, 0.25) is 0 Å². The summed E-state index contributed by atoms with van der Waals surface area (Å²) >= 11 is 0. The van der Waals surface area contributed by atoms with Crippen LogP contribution < -0.4 is 15.0 Å². The highest BCUT2D eigenvalue weighted by molar-refractivity contribution is 5.75. The van der Waals surface area contributed by atoms with Crippen molar-refractivity contribution in [3.05, 3.63) is 24.3 Å². The molecule has 1 N–H and O–H groups in total. The highest BCUT2D eigenvalue weighted by Crippen LogP contribution is 2.28. The van der Waals surface area contributed by atoms with Gasteiger partial charge in [-0.2, -0.15) is 0 Å². The molecular formula is C18H27N3O3. The van der Waals surface area contributed by atoms with Gasteiger partial charge in [-0.3, -0.25) is 0 Å². The van der Waals surface area contributed by atoms with Crippen LogP contribution in [0.25, 0.3) is 0 Å². The summed E-state index contributed by atoms with van der Waals surface area (Å²) in [4.78, 5) is 16.6. The Morgan fingerprint density at radius 2 is 2.04 bits per heavy atom. The van der Waals surface area contributed by atoms with Crippen LogP contribution in [-0.4, -0.2) is 63.0 Å². The minimum absolute atomic E-state index is 0.0117. The standard InChI is InChI=1S/C18H27N3O3/c1-14(16-8-5-13-24-16)19-18(22)21-11-9-20(10-12-21)15-6-3-4-7-17(15)23-2/h3-4,6-7,14,16H,5,8-13H2,1-2H3,(H,19,22)/t14-,16-/m0/s1. The topological polar surface area (TPSA) is 54.0 Å². The van der Waals surface area contributed by atoms with Crippen molar-refractivity contribution < 1.29 is 14.3 Å². The van der Waals surface area contributed by atoms with Gasteiger partial charge in [0.25, 0.3) is 0 Å². The van der Waals surface area contributed by atoms with Crippen LogP contribution >= 0.6 is 0 Å². The van der Waals surface area contributed by atoms with E-state index in [1.54, 1.807) is 7.11 Å². The molecule has 2 atom stereocenters. The van der Waals surface area contributed by atoms with Gasteiger partial charge in [0.15, 0.2) is 0 Å². The molecule has 6 nitrogen and oxygen atoms in total. The van der Waals surface area contributed by atoms with Crippen LogP contribution in [0.1, 0.15) is 19.8 Å². The Balaban J connectivity index is 1.52. The van der Waals surface area contributed by atoms with Gasteiger partial charge < -0.3 is 24.6 Å². The molecule has 2 aliphatic rings. The zero-order valence-corrected chi connectivity index (χ0v) is 14.5. The second-order valence-corrected chi connectivity index (χ2v) is 6.44. The number of carbonyl (C=O) groups is 1. The van der Waals surface area contributed by atoms with E-state index in [9.17, 15) is 4.79 Å². The summed E-state index contributed by atoms with van der Waals surface area (Å²) in [6.45, 7) is 5.87. The fraction of sp³-hybridized carbons (Fsp3) is 0.611. The molecular weight excluding hydrogens is 306 g/mol. The van der Waals surface area contributed by atoms with Crippen molar-refractivity contribution in [3.8, 4) is 5.75 Å². The third kappa shape index (κ3) is 3.75. The van der Waals surface area contributed by atoms with Crippen molar-refractivity contribution in [2.75, 3.05) is 44.8 Å². The summed E-state index contributed by atoms with van der Waals surface area (Å²) in [5, 5.41) is 3.09. The lowest BCUT2D eigenvalue weighted by Gasteiger charge is -2.37. The van der Waals surface area contributed by atoms with Gasteiger partial charge in [-0.1, -0.05) is 12.1 Å². The van der Waals surface area contributed by atoms with E-state index in [1.807, 2.05) is 30.0 Å². The van der Waals surface area contributed by atoms with E-state index in [4.69, 9.17) is 9.47 Å². The van der Waals surface area contributed by atoms with Gasteiger partial charge in [0, 0.05) is 32.8 Å². The van der Waals surface area contributed by atoms with Gasteiger partial charge in [0.2, 0.25) is 0 Å². The first-order valence-electron chi connectivity index (χ1n) is 8.74. The van der Waals surface area contributed by atoms with E-state index in [0.717, 1.165) is 44.0 Å². The molecule has 3 rings (SSSR count). The van der Waals surface area contributed by atoms with E-state index in [1.165, 1.54) is 0 Å². The molecule has 2 amide bonds. The number of carbonyl (C=O) groups excluding carboxylic acids is 1. The number of piperazine rings is 1. The van der Waals surface area contributed by atoms with Crippen LogP contribution in [0.5, 0.6) is 5.75 Å². The number of ether oxygens (including phenoxy) is 2. The summed E-state index contributed by atoms with van der Waals surface area (Å²) in [7, 11) is 1.69. The normalized spacial score (nSPS) is 22.3. The van der Waals surface area contributed by atoms with Crippen molar-refractivity contribution in [3.63, 3.8) is 0 Å². The first kappa shape index (κ1) is 16.9. The molecule has 6 heteroatoms. The summed E-state index contributed by atoms with van der Waals surface area (Å²) < 4.78 is 11.1. The Bertz CT molecular complexity index is 552. The fourth-order valence-electron chi connectivity index (χ4n) is 3.42. The number of para-hydroxylation sites is 2. The van der Waals surface area contributed by atoms with Gasteiger partial charge in [0.05, 0.1) is 24.9 Å². The quantitative estimate of drug-likeness (QED) is 0.917. The number of nitrogens with zero attached hydrogens (tertiary/aromatic N) is 2. The second-order valence-electron chi connectivity index (χ2n) is 6.44. The van der Waals surface area contributed by atoms with Crippen molar-refractivity contribution in [1.82, 2.24) is 10.2 Å². The van der Waals surface area contributed by atoms with E-state index in [-0.39, 0.29) is 18.2 Å². The first-order chi connectivity index (χ1) is 11.7. The van der Waals surface area contributed by atoms with E-state index in [0.29, 0.717) is 13.1 Å². The summed E-state index contributed by atoms with van der Waals surface area (Å²) in [6, 6.07) is 8.09. The van der Waals surface area contributed by atoms with Crippen molar-refractivity contribution in [2.24, 2.45) is 0 Å². The number of nitrogens with one attached hydrogen (secondary N) is 1. The van der Waals surface area contributed by atoms with Gasteiger partial charge in [-0.15, -0.1) is 0 Å². The summed E-state index contributed by atoms with van der Waals surface area (Å²) in [5.74, 6) is 0.877. The number of methoxy groups -OCH3 is 1. The number of anilines is 1. The maximum absolute atomic E-state index is 12.4. The van der Waals surface area contributed by atoms with Gasteiger partial charge >= 0.3 is 6.03 Å². The molecule has 1 aromatic rings. The number of benzene rings is 1. The van der Waals surface area contributed by atoms with Gasteiger partial charge in [-0.25, -0.2) is 4.79 Å². The Morgan fingerprint density at radius 1 is 1.29 bits per heavy atom. The average molecular weight is 333 g/mol. The Kier molecular flexibility index (Phi) is 5.45. The Hall–Kier alpha value is -1.95. The molecule has 2 aliphatic heterocycles. The minimum Gasteiger partial charge on any atom is -0.495 e. The number of hydrogen-bond donors (Lipinski definition) is 1. The Morgan fingerprint density at radius 3 is 2.71 bits per heavy atom. The number of hydrogen-bond acceptors (Lipinski definition) is 4. The maximum Gasteiger partial charge on any atom is 0.317 e. The third-order valence-corrected chi connectivity index (χ3v) is 4.87. The number of urea groups is 1. The smallest absolute Gasteiger partial charge is 0.317 e. The van der Waals surface area contributed by atoms with Crippen LogP contribution in [0.3, 0.4) is 0 Å². The molecule has 0 bridgehead atoms. The van der Waals surface area contributed by atoms with Crippen molar-refractivity contribution in [2.45, 2.75) is 31.9 Å². The van der Waals surface area contributed by atoms with E-state index in [2.05, 4.69) is 16.3 Å². The molecule has 0 spiro atoms. The van der Waals surface area contributed by atoms with E-state index < -0.39 is 0 Å². The molecule has 0 saturated carbocycles. The summed E-state index contributed by atoms with van der Waals surface area (Å²) in [6.07, 6.45) is 2.27. The number of amides is 2. The largest absolute Gasteiger partial charge is 0.495 e. The van der Waals surface area contributed by atoms with Gasteiger partial charge in [0.1, 0.15) is 5.75 Å². The molecule has 2 saturated heterocycles. The molecule has 0 aliphatic carbocycles. The van der Waals surface area contributed by atoms with Gasteiger partial charge in [-0.05, 0) is 31.9 Å². The first-order valence-corrected chi connectivity index (χ1v) is 8.74. The van der Waals surface area contributed by atoms with Crippen molar-refractivity contribution in [1.29, 1.82) is 0 Å². The highest BCUT2D eigenvalue weighted by atomic mass is 16.5. The lowest BCUT2D eigenvalue weighted by Crippen LogP contribution is -2.54. The SMILES string of the molecule is COc1ccccc1N1CCN(C(=O)N[C@@H](C)[C@@H]2CCCO2)CC1. The monoisotopic (exact) mass is 333 g/mol. The van der Waals surface area contributed by atoms with Crippen LogP contribution in [0.4, 0.5) is 10.5 Å². The lowest BCUT2D eigenvalue weighted by molar-refractivity contribution is 0.0831. The van der Waals surface area contributed by atoms with Crippen LogP contribution in [-0.2, 0) is 4.74 Å². The second kappa shape index (κ2) is 7.75. The summed E-state index contributed by atoms with van der Waals surface area (Å²) in [5.41, 5.74) is 1.09. The van der Waals surface area contributed by atoms with Crippen molar-refractivity contribution >= 4 is 11.7 Å². The van der Waals surface area contributed by atoms with Crippen LogP contribution in [0.15, 0.2) is 24.3 Å². The highest BCUT2D eigenvalue weighted by Gasteiger charge is 2.27. The molecule has 132 valence electrons. The number of rotatable bonds is 4. The van der Waals surface area contributed by atoms with E-state index >= 15 is 0 Å². The molecule has 0 aromatic heterocycles. The molecule has 24 heavy (non-hydrogen) atoms. The predicted octanol–water partition coefficient (Wildman–Crippen LogP) is 2.09. The predicted molar refractivity (Wildman–Crippen MR) is 93.7 cm³/mol. The fourth-order valence-corrected chi connectivity index (χ4v) is 3.42. The molecule has 1 aromatic carbocycles.